The van der Waals surface area contributed by atoms with Crippen LogP contribution in [0.15, 0.2) is 30.3 Å². The summed E-state index contributed by atoms with van der Waals surface area (Å²) in [6.07, 6.45) is 2.19. The van der Waals surface area contributed by atoms with Gasteiger partial charge in [0.05, 0.1) is 5.75 Å². The molecule has 1 aromatic rings. The first-order chi connectivity index (χ1) is 8.57. The smallest absolute Gasteiger partial charge is 0.150 e. The van der Waals surface area contributed by atoms with Gasteiger partial charge in [0.15, 0.2) is 0 Å². The van der Waals surface area contributed by atoms with E-state index in [9.17, 15) is 8.42 Å². The largest absolute Gasteiger partial charge is 0.229 e. The van der Waals surface area contributed by atoms with Gasteiger partial charge >= 0.3 is 0 Å². The van der Waals surface area contributed by atoms with Crippen LogP contribution in [0.25, 0.3) is 0 Å². The molecule has 0 aliphatic carbocycles. The van der Waals surface area contributed by atoms with Crippen LogP contribution in [0.2, 0.25) is 0 Å². The highest BCUT2D eigenvalue weighted by atomic mass is 35.5. The summed E-state index contributed by atoms with van der Waals surface area (Å²) >= 11 is 5.93. The molecule has 0 heterocycles. The highest BCUT2D eigenvalue weighted by Gasteiger charge is 2.15. The van der Waals surface area contributed by atoms with Crippen LogP contribution in [0, 0.1) is 5.92 Å². The van der Waals surface area contributed by atoms with E-state index in [0.717, 1.165) is 6.42 Å². The minimum atomic E-state index is -2.89. The molecule has 0 fully saturated rings. The Bertz CT molecular complexity index is 428. The molecule has 1 unspecified atom stereocenters. The Morgan fingerprint density at radius 2 is 1.83 bits per heavy atom. The van der Waals surface area contributed by atoms with Crippen LogP contribution >= 0.6 is 11.6 Å². The average Bonchev–Trinajstić information content (AvgIpc) is 2.35. The van der Waals surface area contributed by atoms with Gasteiger partial charge in [-0.2, -0.15) is 0 Å². The van der Waals surface area contributed by atoms with Gasteiger partial charge < -0.3 is 0 Å². The zero-order chi connectivity index (χ0) is 13.4. The molecule has 4 heteroatoms. The number of hydrogen-bond acceptors (Lipinski definition) is 2. The fourth-order valence-corrected chi connectivity index (χ4v) is 3.72. The molecule has 0 bridgehead atoms. The summed E-state index contributed by atoms with van der Waals surface area (Å²) in [5, 5.41) is 0. The van der Waals surface area contributed by atoms with E-state index in [-0.39, 0.29) is 17.4 Å². The van der Waals surface area contributed by atoms with Crippen LogP contribution in [0.1, 0.15) is 25.3 Å². The van der Waals surface area contributed by atoms with E-state index in [1.165, 1.54) is 5.56 Å². The lowest BCUT2D eigenvalue weighted by Crippen LogP contribution is -2.16. The summed E-state index contributed by atoms with van der Waals surface area (Å²) in [6.45, 7) is 1.89. The fourth-order valence-electron chi connectivity index (χ4n) is 1.94. The highest BCUT2D eigenvalue weighted by Crippen LogP contribution is 2.15. The van der Waals surface area contributed by atoms with Crippen LogP contribution in [-0.4, -0.2) is 25.8 Å². The van der Waals surface area contributed by atoms with E-state index in [4.69, 9.17) is 11.6 Å². The van der Waals surface area contributed by atoms with Gasteiger partial charge in [-0.3, -0.25) is 0 Å². The quantitative estimate of drug-likeness (QED) is 0.688. The first-order valence-corrected chi connectivity index (χ1v) is 8.73. The van der Waals surface area contributed by atoms with Crippen molar-refractivity contribution < 1.29 is 8.42 Å². The molecule has 0 saturated heterocycles. The van der Waals surface area contributed by atoms with Gasteiger partial charge in [-0.25, -0.2) is 8.42 Å². The first kappa shape index (κ1) is 15.5. The first-order valence-electron chi connectivity index (χ1n) is 6.37. The van der Waals surface area contributed by atoms with Crippen molar-refractivity contribution in [1.82, 2.24) is 0 Å². The molecule has 1 rings (SSSR count). The summed E-state index contributed by atoms with van der Waals surface area (Å²) in [5.74, 6) is 1.29. The number of alkyl halides is 1. The summed E-state index contributed by atoms with van der Waals surface area (Å²) in [7, 11) is -2.89. The Labute approximate surface area is 115 Å². The summed E-state index contributed by atoms with van der Waals surface area (Å²) in [5.41, 5.74) is 1.22. The van der Waals surface area contributed by atoms with Crippen molar-refractivity contribution in [3.05, 3.63) is 35.9 Å². The molecule has 0 aromatic heterocycles. The van der Waals surface area contributed by atoms with Crippen molar-refractivity contribution in [2.45, 2.75) is 26.2 Å². The van der Waals surface area contributed by atoms with Gasteiger partial charge in [-0.05, 0) is 30.7 Å². The zero-order valence-electron chi connectivity index (χ0n) is 10.8. The minimum Gasteiger partial charge on any atom is -0.229 e. The molecule has 102 valence electrons. The van der Waals surface area contributed by atoms with Crippen molar-refractivity contribution in [2.24, 2.45) is 5.92 Å². The summed E-state index contributed by atoms with van der Waals surface area (Å²) < 4.78 is 23.3. The van der Waals surface area contributed by atoms with E-state index in [2.05, 4.69) is 12.1 Å². The number of halogens is 1. The van der Waals surface area contributed by atoms with Gasteiger partial charge in [-0.15, -0.1) is 11.6 Å². The van der Waals surface area contributed by atoms with Gasteiger partial charge in [0, 0.05) is 11.6 Å². The number of benzene rings is 1. The normalized spacial score (nSPS) is 13.4. The third kappa shape index (κ3) is 5.87. The lowest BCUT2D eigenvalue weighted by molar-refractivity contribution is 0.547. The van der Waals surface area contributed by atoms with Gasteiger partial charge in [0.2, 0.25) is 0 Å². The molecule has 0 aliphatic rings. The monoisotopic (exact) mass is 288 g/mol. The van der Waals surface area contributed by atoms with Crippen LogP contribution < -0.4 is 0 Å². The molecule has 0 amide bonds. The number of rotatable bonds is 8. The second-order valence-corrected chi connectivity index (χ2v) is 7.26. The SMILES string of the molecule is CCCS(=O)(=O)CCC(CCl)Cc1ccccc1. The van der Waals surface area contributed by atoms with Gasteiger partial charge in [-0.1, -0.05) is 37.3 Å². The minimum absolute atomic E-state index is 0.237. The van der Waals surface area contributed by atoms with Crippen molar-refractivity contribution in [1.29, 1.82) is 0 Å². The summed E-state index contributed by atoms with van der Waals surface area (Å²) in [4.78, 5) is 0. The molecule has 0 aliphatic heterocycles. The average molecular weight is 289 g/mol. The molecular formula is C14H21ClO2S. The predicted molar refractivity (Wildman–Crippen MR) is 77.9 cm³/mol. The Morgan fingerprint density at radius 1 is 1.17 bits per heavy atom. The van der Waals surface area contributed by atoms with Gasteiger partial charge in [0.1, 0.15) is 9.84 Å². The predicted octanol–water partition coefficient (Wildman–Crippen LogP) is 3.30. The molecule has 1 aromatic carbocycles. The number of sulfone groups is 1. The summed E-state index contributed by atoms with van der Waals surface area (Å²) in [6, 6.07) is 10.1. The molecule has 0 saturated carbocycles. The number of hydrogen-bond donors (Lipinski definition) is 0. The van der Waals surface area contributed by atoms with Gasteiger partial charge in [0.25, 0.3) is 0 Å². The topological polar surface area (TPSA) is 34.1 Å². The fraction of sp³-hybridized carbons (Fsp3) is 0.571. The van der Waals surface area contributed by atoms with Crippen LogP contribution in [-0.2, 0) is 16.3 Å². The molecular weight excluding hydrogens is 268 g/mol. The second-order valence-electron chi connectivity index (χ2n) is 4.65. The Morgan fingerprint density at radius 3 is 2.39 bits per heavy atom. The molecule has 1 atom stereocenters. The standard InChI is InChI=1S/C14H21ClO2S/c1-2-9-18(16,17)10-8-14(12-15)11-13-6-4-3-5-7-13/h3-7,14H,2,8-12H2,1H3. The third-order valence-electron chi connectivity index (χ3n) is 2.94. The van der Waals surface area contributed by atoms with E-state index in [0.29, 0.717) is 18.7 Å². The van der Waals surface area contributed by atoms with E-state index >= 15 is 0 Å². The van der Waals surface area contributed by atoms with E-state index in [1.54, 1.807) is 0 Å². The van der Waals surface area contributed by atoms with Crippen LogP contribution in [0.3, 0.4) is 0 Å². The van der Waals surface area contributed by atoms with Crippen molar-refractivity contribution in [3.8, 4) is 0 Å². The Hall–Kier alpha value is -0.540. The lowest BCUT2D eigenvalue weighted by Gasteiger charge is -2.13. The Balaban J connectivity index is 2.48. The zero-order valence-corrected chi connectivity index (χ0v) is 12.4. The second kappa shape index (κ2) is 7.80. The van der Waals surface area contributed by atoms with Crippen molar-refractivity contribution in [3.63, 3.8) is 0 Å². The van der Waals surface area contributed by atoms with E-state index < -0.39 is 9.84 Å². The molecule has 0 N–H and O–H groups in total. The molecule has 2 nitrogen and oxygen atoms in total. The highest BCUT2D eigenvalue weighted by molar-refractivity contribution is 7.91. The third-order valence-corrected chi connectivity index (χ3v) is 5.26. The molecule has 0 spiro atoms. The van der Waals surface area contributed by atoms with Crippen LogP contribution in [0.4, 0.5) is 0 Å². The molecule has 18 heavy (non-hydrogen) atoms. The maximum Gasteiger partial charge on any atom is 0.150 e. The van der Waals surface area contributed by atoms with Crippen LogP contribution in [0.5, 0.6) is 0 Å². The Kier molecular flexibility index (Phi) is 6.72. The van der Waals surface area contributed by atoms with E-state index in [1.807, 2.05) is 25.1 Å². The maximum absolute atomic E-state index is 11.7. The molecule has 0 radical (unpaired) electrons. The lowest BCUT2D eigenvalue weighted by atomic mass is 9.99. The van der Waals surface area contributed by atoms with Crippen molar-refractivity contribution >= 4 is 21.4 Å². The van der Waals surface area contributed by atoms with Crippen molar-refractivity contribution in [2.75, 3.05) is 17.4 Å². The maximum atomic E-state index is 11.7.